The predicted molar refractivity (Wildman–Crippen MR) is 186 cm³/mol. The van der Waals surface area contributed by atoms with Crippen LogP contribution < -0.4 is 0 Å². The van der Waals surface area contributed by atoms with Gasteiger partial charge in [-0.1, -0.05) is 148 Å². The number of aryl methyl sites for hydroxylation is 1. The number of nitrogens with zero attached hydrogens (tertiary/aromatic N) is 2. The van der Waals surface area contributed by atoms with E-state index in [-0.39, 0.29) is 46.7 Å². The summed E-state index contributed by atoms with van der Waals surface area (Å²) in [5, 5.41) is 7.91. The normalized spacial score (nSPS) is 12.8. The topological polar surface area (TPSA) is 17.1 Å². The van der Waals surface area contributed by atoms with E-state index >= 15 is 0 Å². The van der Waals surface area contributed by atoms with Crippen LogP contribution >= 0.6 is 0 Å². The van der Waals surface area contributed by atoms with Crippen molar-refractivity contribution < 1.29 is 30.4 Å². The van der Waals surface area contributed by atoms with Crippen molar-refractivity contribution in [2.24, 2.45) is 0 Å². The molecule has 1 atom stereocenters. The van der Waals surface area contributed by atoms with Crippen LogP contribution in [0.15, 0.2) is 97.1 Å². The van der Waals surface area contributed by atoms with E-state index in [0.29, 0.717) is 11.8 Å². The van der Waals surface area contributed by atoms with Crippen LogP contribution in [-0.2, 0) is 25.8 Å². The molecule has 0 spiro atoms. The van der Waals surface area contributed by atoms with Crippen molar-refractivity contribution >= 4 is 28.9 Å². The Balaban J connectivity index is 0.00000181. The third-order valence-electron chi connectivity index (χ3n) is 7.44. The number of hydrogen-bond donors (Lipinski definition) is 0. The maximum Gasteiger partial charge on any atom is 4.00 e. The zero-order valence-corrected chi connectivity index (χ0v) is 31.2. The zero-order valence-electron chi connectivity index (χ0n) is 27.6. The van der Waals surface area contributed by atoms with Crippen molar-refractivity contribution in [2.45, 2.75) is 66.3 Å². The Labute approximate surface area is 281 Å². The average Bonchev–Trinajstić information content (AvgIpc) is 2.97. The van der Waals surface area contributed by atoms with Crippen LogP contribution in [0.2, 0.25) is 0 Å². The molecule has 4 aromatic rings. The maximum absolute atomic E-state index is 5.55. The molecule has 1 aliphatic heterocycles. The minimum Gasteiger partial charge on any atom is -0.677 e. The summed E-state index contributed by atoms with van der Waals surface area (Å²) in [4.78, 5) is 0. The summed E-state index contributed by atoms with van der Waals surface area (Å²) in [7, 11) is 0. The smallest absolute Gasteiger partial charge is 0.677 e. The minimum atomic E-state index is -0.209. The van der Waals surface area contributed by atoms with Gasteiger partial charge >= 0.3 is 25.8 Å². The summed E-state index contributed by atoms with van der Waals surface area (Å²) in [6.07, 6.45) is 6.43. The van der Waals surface area contributed by atoms with E-state index in [4.69, 9.17) is 5.32 Å². The van der Waals surface area contributed by atoms with Crippen LogP contribution in [0.3, 0.4) is 0 Å². The number of fused-ring (bicyclic) bond motifs is 1. The Bertz CT molecular complexity index is 1540. The number of rotatable bonds is 7. The van der Waals surface area contributed by atoms with Crippen molar-refractivity contribution in [3.8, 4) is 0 Å². The van der Waals surface area contributed by atoms with Gasteiger partial charge in [0.05, 0.1) is 12.8 Å². The van der Waals surface area contributed by atoms with Gasteiger partial charge < -0.3 is 20.2 Å². The Morgan fingerprint density at radius 2 is 1.40 bits per heavy atom. The van der Waals surface area contributed by atoms with Gasteiger partial charge in [0, 0.05) is 0 Å². The molecule has 43 heavy (non-hydrogen) atoms. The Kier molecular flexibility index (Phi) is 15.1. The Hall–Kier alpha value is -3.17. The quantitative estimate of drug-likeness (QED) is 0.102. The van der Waals surface area contributed by atoms with Gasteiger partial charge in [-0.2, -0.15) is 0 Å². The molecule has 1 aliphatic rings. The van der Waals surface area contributed by atoms with Crippen molar-refractivity contribution in [3.63, 3.8) is 0 Å². The van der Waals surface area contributed by atoms with Gasteiger partial charge in [-0.3, -0.25) is 4.58 Å². The molecule has 3 heteroatoms. The molecular formula is C40H48HfN2. The molecule has 222 valence electrons. The predicted octanol–water partition coefficient (Wildman–Crippen LogP) is 11.7. The summed E-state index contributed by atoms with van der Waals surface area (Å²) >= 11 is 0. The summed E-state index contributed by atoms with van der Waals surface area (Å²) in [6, 6.07) is 32.1. The van der Waals surface area contributed by atoms with Gasteiger partial charge in [-0.05, 0) is 30.4 Å². The second-order valence-corrected chi connectivity index (χ2v) is 10.7. The van der Waals surface area contributed by atoms with E-state index in [0.717, 1.165) is 23.0 Å². The third kappa shape index (κ3) is 8.06. The summed E-state index contributed by atoms with van der Waals surface area (Å²) in [5.74, 6) is 0.747. The zero-order chi connectivity index (χ0) is 28.8. The van der Waals surface area contributed by atoms with Crippen molar-refractivity contribution in [3.05, 3.63) is 157 Å². The first-order valence-electron chi connectivity index (χ1n) is 14.5. The van der Waals surface area contributed by atoms with Crippen molar-refractivity contribution in [2.75, 3.05) is 0 Å². The molecule has 0 saturated carbocycles. The summed E-state index contributed by atoms with van der Waals surface area (Å²) < 4.78 is 2.07. The molecular weight excluding hydrogens is 687 g/mol. The molecule has 1 heterocycles. The van der Waals surface area contributed by atoms with E-state index in [2.05, 4.69) is 143 Å². The molecule has 0 radical (unpaired) electrons. The molecule has 1 unspecified atom stereocenters. The van der Waals surface area contributed by atoms with Gasteiger partial charge in [-0.25, -0.2) is 0 Å². The SMILES string of the molecule is C=[N+]1C(c2[c-]ccc3ccccc23)=CC=C[C-]1C([N-]c1c(C)cccc1C(C)C)c1ccccc1C(C)C.CC.[CH3-].[CH3-].[Hf+4]. The molecule has 5 rings (SSSR count). The fourth-order valence-electron chi connectivity index (χ4n) is 5.42. The van der Waals surface area contributed by atoms with E-state index in [1.165, 1.54) is 33.0 Å². The van der Waals surface area contributed by atoms with Gasteiger partial charge in [-0.15, -0.1) is 35.3 Å². The molecule has 0 bridgehead atoms. The Morgan fingerprint density at radius 3 is 2.07 bits per heavy atom. The van der Waals surface area contributed by atoms with Crippen LogP contribution in [0.25, 0.3) is 21.8 Å². The van der Waals surface area contributed by atoms with Gasteiger partial charge in [0.1, 0.15) is 5.70 Å². The summed E-state index contributed by atoms with van der Waals surface area (Å²) in [6.45, 7) is 19.7. The standard InChI is InChI=1S/C36H36N2.C2H6.2CH3.Hf/c1-24(2)28-17-9-10-19-32(28)36(37-35-26(5)14-11-20-29(35)25(3)4)34-23-13-22-33(38(34)6)31-21-12-16-27-15-7-8-18-30(27)31;1-2;;;/h7-20,22-25,36H,6H2,1-5H3;1-2H3;2*1H3;/q-2;;2*-1;+4. The number of para-hydroxylation sites is 1. The molecule has 4 aromatic carbocycles. The van der Waals surface area contributed by atoms with Crippen molar-refractivity contribution in [1.29, 1.82) is 0 Å². The van der Waals surface area contributed by atoms with Gasteiger partial charge in [0.15, 0.2) is 0 Å². The van der Waals surface area contributed by atoms with Crippen LogP contribution in [0, 0.1) is 33.9 Å². The van der Waals surface area contributed by atoms with Crippen LogP contribution in [-0.4, -0.2) is 11.3 Å². The monoisotopic (exact) mass is 736 g/mol. The fourth-order valence-corrected chi connectivity index (χ4v) is 5.42. The molecule has 0 amide bonds. The second-order valence-electron chi connectivity index (χ2n) is 10.7. The first kappa shape index (κ1) is 37.9. The first-order valence-corrected chi connectivity index (χ1v) is 14.5. The van der Waals surface area contributed by atoms with Crippen LogP contribution in [0.4, 0.5) is 5.69 Å². The molecule has 0 aromatic heterocycles. The average molecular weight is 735 g/mol. The number of hydrogen-bond acceptors (Lipinski definition) is 0. The molecule has 0 saturated heterocycles. The largest absolute Gasteiger partial charge is 4.00 e. The number of allylic oxidation sites excluding steroid dienone is 2. The molecule has 0 N–H and O–H groups in total. The minimum absolute atomic E-state index is 0. The fraction of sp³-hybridized carbons (Fsp3) is 0.250. The maximum atomic E-state index is 5.55. The second kappa shape index (κ2) is 17.2. The molecule has 0 aliphatic carbocycles. The van der Waals surface area contributed by atoms with E-state index in [1.807, 2.05) is 19.9 Å². The number of benzene rings is 4. The van der Waals surface area contributed by atoms with E-state index in [9.17, 15) is 0 Å². The van der Waals surface area contributed by atoms with Gasteiger partial charge in [0.25, 0.3) is 0 Å². The van der Waals surface area contributed by atoms with Crippen LogP contribution in [0.5, 0.6) is 0 Å². The van der Waals surface area contributed by atoms with E-state index in [1.54, 1.807) is 0 Å². The van der Waals surface area contributed by atoms with E-state index < -0.39 is 0 Å². The first-order chi connectivity index (χ1) is 19.4. The third-order valence-corrected chi connectivity index (χ3v) is 7.44. The van der Waals surface area contributed by atoms with Crippen LogP contribution in [0.1, 0.15) is 87.2 Å². The molecule has 2 nitrogen and oxygen atoms in total. The van der Waals surface area contributed by atoms with Gasteiger partial charge in [0.2, 0.25) is 0 Å². The Morgan fingerprint density at radius 1 is 0.791 bits per heavy atom. The molecule has 0 fully saturated rings. The summed E-state index contributed by atoms with van der Waals surface area (Å²) in [5.41, 5.74) is 8.14. The van der Waals surface area contributed by atoms with Crippen molar-refractivity contribution in [1.82, 2.24) is 0 Å².